The predicted octanol–water partition coefficient (Wildman–Crippen LogP) is 1.63. The molecule has 0 fully saturated rings. The van der Waals surface area contributed by atoms with E-state index in [9.17, 15) is 4.79 Å². The molecule has 6 nitrogen and oxygen atoms in total. The topological polar surface area (TPSA) is 74.8 Å². The Morgan fingerprint density at radius 1 is 1.25 bits per heavy atom. The first-order valence-corrected chi connectivity index (χ1v) is 8.33. The van der Waals surface area contributed by atoms with E-state index in [2.05, 4.69) is 33.9 Å². The van der Waals surface area contributed by atoms with Gasteiger partial charge in [0.1, 0.15) is 5.75 Å². The highest BCUT2D eigenvalue weighted by molar-refractivity contribution is 5.81. The highest BCUT2D eigenvalue weighted by atomic mass is 16.5. The zero-order valence-corrected chi connectivity index (χ0v) is 15.4. The van der Waals surface area contributed by atoms with Crippen LogP contribution in [-0.4, -0.2) is 45.2 Å². The molecule has 0 radical (unpaired) electrons. The van der Waals surface area contributed by atoms with E-state index in [1.165, 1.54) is 5.56 Å². The number of aliphatic imine (C=N–C) groups is 1. The van der Waals surface area contributed by atoms with Crippen LogP contribution in [0.5, 0.6) is 5.75 Å². The van der Waals surface area contributed by atoms with Gasteiger partial charge in [0.15, 0.2) is 5.96 Å². The molecule has 0 bridgehead atoms. The first-order chi connectivity index (χ1) is 11.5. The van der Waals surface area contributed by atoms with Crippen LogP contribution in [0.3, 0.4) is 0 Å². The minimum Gasteiger partial charge on any atom is -0.496 e. The second-order valence-electron chi connectivity index (χ2n) is 5.96. The van der Waals surface area contributed by atoms with Crippen molar-refractivity contribution in [2.45, 2.75) is 39.7 Å². The summed E-state index contributed by atoms with van der Waals surface area (Å²) in [6.07, 6.45) is 1.25. The van der Waals surface area contributed by atoms with E-state index in [-0.39, 0.29) is 11.9 Å². The van der Waals surface area contributed by atoms with E-state index in [0.29, 0.717) is 18.9 Å². The number of carbonyl (C=O) groups excluding carboxylic acids is 1. The molecule has 0 aliphatic rings. The number of methoxy groups -OCH3 is 1. The fraction of sp³-hybridized carbons (Fsp3) is 0.556. The number of nitrogens with zero attached hydrogens (tertiary/aromatic N) is 1. The highest BCUT2D eigenvalue weighted by Gasteiger charge is 2.06. The smallest absolute Gasteiger partial charge is 0.221 e. The molecule has 0 saturated heterocycles. The zero-order chi connectivity index (χ0) is 17.9. The molecule has 1 aromatic carbocycles. The van der Waals surface area contributed by atoms with Crippen LogP contribution in [0.1, 0.15) is 31.4 Å². The summed E-state index contributed by atoms with van der Waals surface area (Å²) in [6, 6.07) is 6.33. The summed E-state index contributed by atoms with van der Waals surface area (Å²) >= 11 is 0. The first-order valence-electron chi connectivity index (χ1n) is 8.33. The number of benzene rings is 1. The molecule has 0 atom stereocenters. The molecule has 0 spiro atoms. The molecule has 134 valence electrons. The number of ether oxygens (including phenoxy) is 1. The summed E-state index contributed by atoms with van der Waals surface area (Å²) in [7, 11) is 3.40. The Labute approximate surface area is 145 Å². The molecular formula is C18H30N4O2. The number of aryl methyl sites for hydroxylation is 1. The third kappa shape index (κ3) is 7.35. The number of hydrogen-bond donors (Lipinski definition) is 3. The molecule has 6 heteroatoms. The zero-order valence-electron chi connectivity index (χ0n) is 15.4. The van der Waals surface area contributed by atoms with Gasteiger partial charge in [-0.15, -0.1) is 0 Å². The maximum absolute atomic E-state index is 11.6. The first kappa shape index (κ1) is 19.8. The molecule has 3 N–H and O–H groups in total. The lowest BCUT2D eigenvalue weighted by molar-refractivity contribution is -0.121. The SMILES string of the molecule is CN=C(NCCC(=O)NC(C)C)NCCc1cc(C)ccc1OC. The molecule has 1 aromatic rings. The van der Waals surface area contributed by atoms with Gasteiger partial charge < -0.3 is 20.7 Å². The van der Waals surface area contributed by atoms with Gasteiger partial charge >= 0.3 is 0 Å². The van der Waals surface area contributed by atoms with Crippen molar-refractivity contribution >= 4 is 11.9 Å². The Morgan fingerprint density at radius 3 is 2.58 bits per heavy atom. The number of nitrogens with one attached hydrogen (secondary N) is 3. The van der Waals surface area contributed by atoms with Gasteiger partial charge in [0, 0.05) is 32.6 Å². The fourth-order valence-corrected chi connectivity index (χ4v) is 2.33. The Balaban J connectivity index is 2.37. The van der Waals surface area contributed by atoms with Crippen LogP contribution in [0, 0.1) is 6.92 Å². The van der Waals surface area contributed by atoms with E-state index in [0.717, 1.165) is 24.3 Å². The van der Waals surface area contributed by atoms with Gasteiger partial charge in [-0.25, -0.2) is 0 Å². The van der Waals surface area contributed by atoms with Gasteiger partial charge in [-0.1, -0.05) is 17.7 Å². The lowest BCUT2D eigenvalue weighted by Gasteiger charge is -2.14. The Bertz CT molecular complexity index is 556. The van der Waals surface area contributed by atoms with Gasteiger partial charge in [-0.05, 0) is 38.8 Å². The van der Waals surface area contributed by atoms with Crippen molar-refractivity contribution in [3.63, 3.8) is 0 Å². The molecule has 1 amide bonds. The average molecular weight is 334 g/mol. The van der Waals surface area contributed by atoms with E-state index in [4.69, 9.17) is 4.74 Å². The maximum Gasteiger partial charge on any atom is 0.221 e. The molecule has 0 saturated carbocycles. The summed E-state index contributed by atoms with van der Waals surface area (Å²) in [4.78, 5) is 15.8. The predicted molar refractivity (Wildman–Crippen MR) is 98.7 cm³/mol. The van der Waals surface area contributed by atoms with E-state index >= 15 is 0 Å². The minimum atomic E-state index is 0.0393. The van der Waals surface area contributed by atoms with Crippen molar-refractivity contribution in [3.05, 3.63) is 29.3 Å². The largest absolute Gasteiger partial charge is 0.496 e. The van der Waals surface area contributed by atoms with Gasteiger partial charge in [-0.3, -0.25) is 9.79 Å². The second-order valence-corrected chi connectivity index (χ2v) is 5.96. The third-order valence-electron chi connectivity index (χ3n) is 3.44. The number of carbonyl (C=O) groups is 1. The maximum atomic E-state index is 11.6. The Morgan fingerprint density at radius 2 is 1.96 bits per heavy atom. The average Bonchev–Trinajstić information content (AvgIpc) is 2.53. The van der Waals surface area contributed by atoms with Gasteiger partial charge in [0.05, 0.1) is 7.11 Å². The van der Waals surface area contributed by atoms with Gasteiger partial charge in [0.25, 0.3) is 0 Å². The van der Waals surface area contributed by atoms with E-state index in [1.54, 1.807) is 14.2 Å². The van der Waals surface area contributed by atoms with Crippen LogP contribution < -0.4 is 20.7 Å². The summed E-state index contributed by atoms with van der Waals surface area (Å²) in [6.45, 7) is 7.25. The number of amides is 1. The van der Waals surface area contributed by atoms with Crippen molar-refractivity contribution < 1.29 is 9.53 Å². The molecule has 0 aromatic heterocycles. The van der Waals surface area contributed by atoms with Crippen LogP contribution in [0.15, 0.2) is 23.2 Å². The third-order valence-corrected chi connectivity index (χ3v) is 3.44. The van der Waals surface area contributed by atoms with Crippen molar-refractivity contribution in [3.8, 4) is 5.75 Å². The second kappa shape index (κ2) is 10.5. The summed E-state index contributed by atoms with van der Waals surface area (Å²) in [5.41, 5.74) is 2.38. The van der Waals surface area contributed by atoms with Crippen molar-refractivity contribution in [2.24, 2.45) is 4.99 Å². The Kier molecular flexibility index (Phi) is 8.68. The number of hydrogen-bond acceptors (Lipinski definition) is 3. The highest BCUT2D eigenvalue weighted by Crippen LogP contribution is 2.19. The van der Waals surface area contributed by atoms with E-state index in [1.807, 2.05) is 26.0 Å². The molecule has 0 aliphatic heterocycles. The quantitative estimate of drug-likeness (QED) is 0.499. The number of guanidine groups is 1. The lowest BCUT2D eigenvalue weighted by atomic mass is 10.1. The Hall–Kier alpha value is -2.24. The summed E-state index contributed by atoms with van der Waals surface area (Å²) in [5, 5.41) is 9.27. The van der Waals surface area contributed by atoms with Crippen LogP contribution in [0.25, 0.3) is 0 Å². The molecule has 1 rings (SSSR count). The van der Waals surface area contributed by atoms with Crippen LogP contribution in [0.2, 0.25) is 0 Å². The number of rotatable bonds is 8. The van der Waals surface area contributed by atoms with Crippen LogP contribution >= 0.6 is 0 Å². The molecular weight excluding hydrogens is 304 g/mol. The van der Waals surface area contributed by atoms with Gasteiger partial charge in [0.2, 0.25) is 5.91 Å². The van der Waals surface area contributed by atoms with Crippen LogP contribution in [0.4, 0.5) is 0 Å². The fourth-order valence-electron chi connectivity index (χ4n) is 2.33. The van der Waals surface area contributed by atoms with Gasteiger partial charge in [-0.2, -0.15) is 0 Å². The minimum absolute atomic E-state index is 0.0393. The monoisotopic (exact) mass is 334 g/mol. The molecule has 24 heavy (non-hydrogen) atoms. The lowest BCUT2D eigenvalue weighted by Crippen LogP contribution is -2.40. The van der Waals surface area contributed by atoms with E-state index < -0.39 is 0 Å². The van der Waals surface area contributed by atoms with Crippen LogP contribution in [-0.2, 0) is 11.2 Å². The van der Waals surface area contributed by atoms with Crippen molar-refractivity contribution in [2.75, 3.05) is 27.2 Å². The molecule has 0 unspecified atom stereocenters. The summed E-state index contributed by atoms with van der Waals surface area (Å²) in [5.74, 6) is 1.63. The normalized spacial score (nSPS) is 11.3. The van der Waals surface area contributed by atoms with Crippen molar-refractivity contribution in [1.29, 1.82) is 0 Å². The molecule has 0 heterocycles. The molecule has 0 aliphatic carbocycles. The standard InChI is InChI=1S/C18H30N4O2/c1-13(2)22-17(23)9-11-21-18(19-4)20-10-8-15-12-14(3)6-7-16(15)24-5/h6-7,12-13H,8-11H2,1-5H3,(H,22,23)(H2,19,20,21). The van der Waals surface area contributed by atoms with Crippen molar-refractivity contribution in [1.82, 2.24) is 16.0 Å². The summed E-state index contributed by atoms with van der Waals surface area (Å²) < 4.78 is 5.39.